The van der Waals surface area contributed by atoms with Crippen LogP contribution in [-0.2, 0) is 4.79 Å². The Kier molecular flexibility index (Phi) is 5.90. The maximum atomic E-state index is 11.9. The Morgan fingerprint density at radius 3 is 2.55 bits per heavy atom. The van der Waals surface area contributed by atoms with E-state index in [0.717, 1.165) is 10.6 Å². The van der Waals surface area contributed by atoms with Gasteiger partial charge in [-0.2, -0.15) is 0 Å². The molecule has 2 aromatic carbocycles. The van der Waals surface area contributed by atoms with Gasteiger partial charge in [-0.3, -0.25) is 4.79 Å². The van der Waals surface area contributed by atoms with Gasteiger partial charge < -0.3 is 10.1 Å². The minimum atomic E-state index is -0.161. The Hall–Kier alpha value is -1.94. The number of ether oxygens (including phenoxy) is 1. The van der Waals surface area contributed by atoms with Crippen LogP contribution in [0.15, 0.2) is 53.4 Å². The number of amides is 1. The first-order valence-electron chi connectivity index (χ1n) is 7.25. The highest BCUT2D eigenvalue weighted by atomic mass is 32.2. The van der Waals surface area contributed by atoms with E-state index in [4.69, 9.17) is 4.74 Å². The standard InChI is InChI=1S/C18H21NO2S/c1-13(2)14-7-9-16(10-8-14)21-12-18(20)19-15-5-4-6-17(11-15)22-3/h4-11,13H,12H2,1-3H3,(H,19,20). The third-order valence-corrected chi connectivity index (χ3v) is 4.00. The molecule has 2 rings (SSSR count). The van der Waals surface area contributed by atoms with E-state index >= 15 is 0 Å². The summed E-state index contributed by atoms with van der Waals surface area (Å²) in [7, 11) is 0. The predicted molar refractivity (Wildman–Crippen MR) is 92.9 cm³/mol. The number of benzene rings is 2. The van der Waals surface area contributed by atoms with Gasteiger partial charge in [-0.25, -0.2) is 0 Å². The van der Waals surface area contributed by atoms with Crippen molar-refractivity contribution >= 4 is 23.4 Å². The third-order valence-electron chi connectivity index (χ3n) is 3.27. The second-order valence-corrected chi connectivity index (χ2v) is 6.17. The normalized spacial score (nSPS) is 10.5. The van der Waals surface area contributed by atoms with Gasteiger partial charge in [0.2, 0.25) is 0 Å². The number of anilines is 1. The maximum Gasteiger partial charge on any atom is 0.262 e. The van der Waals surface area contributed by atoms with Gasteiger partial charge in [-0.15, -0.1) is 11.8 Å². The largest absolute Gasteiger partial charge is 0.484 e. The molecule has 0 heterocycles. The fraction of sp³-hybridized carbons (Fsp3) is 0.278. The van der Waals surface area contributed by atoms with E-state index in [9.17, 15) is 4.79 Å². The quantitative estimate of drug-likeness (QED) is 0.795. The average Bonchev–Trinajstić information content (AvgIpc) is 2.53. The number of nitrogens with one attached hydrogen (secondary N) is 1. The number of carbonyl (C=O) groups excluding carboxylic acids is 1. The van der Waals surface area contributed by atoms with E-state index in [0.29, 0.717) is 11.7 Å². The number of carbonyl (C=O) groups is 1. The van der Waals surface area contributed by atoms with Crippen LogP contribution >= 0.6 is 11.8 Å². The summed E-state index contributed by atoms with van der Waals surface area (Å²) in [6.07, 6.45) is 2.00. The van der Waals surface area contributed by atoms with Crippen molar-refractivity contribution in [3.63, 3.8) is 0 Å². The number of hydrogen-bond donors (Lipinski definition) is 1. The molecule has 1 amide bonds. The molecule has 0 saturated heterocycles. The van der Waals surface area contributed by atoms with E-state index < -0.39 is 0 Å². The third kappa shape index (κ3) is 4.81. The number of rotatable bonds is 6. The van der Waals surface area contributed by atoms with E-state index in [1.54, 1.807) is 11.8 Å². The molecule has 22 heavy (non-hydrogen) atoms. The molecule has 3 nitrogen and oxygen atoms in total. The van der Waals surface area contributed by atoms with Gasteiger partial charge in [0.15, 0.2) is 6.61 Å². The lowest BCUT2D eigenvalue weighted by Gasteiger charge is -2.10. The molecule has 0 aliphatic rings. The van der Waals surface area contributed by atoms with Crippen molar-refractivity contribution in [3.05, 3.63) is 54.1 Å². The van der Waals surface area contributed by atoms with Gasteiger partial charge in [-0.05, 0) is 48.1 Å². The molecule has 0 bridgehead atoms. The molecule has 4 heteroatoms. The van der Waals surface area contributed by atoms with E-state index in [2.05, 4.69) is 19.2 Å². The summed E-state index contributed by atoms with van der Waals surface area (Å²) in [6.45, 7) is 4.29. The lowest BCUT2D eigenvalue weighted by Crippen LogP contribution is -2.20. The number of hydrogen-bond acceptors (Lipinski definition) is 3. The molecular formula is C18H21NO2S. The van der Waals surface area contributed by atoms with Crippen molar-refractivity contribution < 1.29 is 9.53 Å². The van der Waals surface area contributed by atoms with Crippen molar-refractivity contribution in [2.45, 2.75) is 24.7 Å². The molecule has 0 aliphatic carbocycles. The first-order chi connectivity index (χ1) is 10.6. The first-order valence-corrected chi connectivity index (χ1v) is 8.47. The van der Waals surface area contributed by atoms with Crippen molar-refractivity contribution in [1.29, 1.82) is 0 Å². The predicted octanol–water partition coefficient (Wildman–Crippen LogP) is 4.55. The Labute approximate surface area is 136 Å². The summed E-state index contributed by atoms with van der Waals surface area (Å²) in [5.41, 5.74) is 2.04. The van der Waals surface area contributed by atoms with Crippen LogP contribution in [0.3, 0.4) is 0 Å². The molecule has 116 valence electrons. The smallest absolute Gasteiger partial charge is 0.262 e. The molecule has 0 aliphatic heterocycles. The Morgan fingerprint density at radius 1 is 1.18 bits per heavy atom. The van der Waals surface area contributed by atoms with Crippen LogP contribution in [-0.4, -0.2) is 18.8 Å². The maximum absolute atomic E-state index is 11.9. The Bertz CT molecular complexity index is 623. The van der Waals surface area contributed by atoms with Gasteiger partial charge in [0.1, 0.15) is 5.75 Å². The molecule has 0 unspecified atom stereocenters. The fourth-order valence-corrected chi connectivity index (χ4v) is 2.46. The van der Waals surface area contributed by atoms with Gasteiger partial charge in [-0.1, -0.05) is 32.0 Å². The van der Waals surface area contributed by atoms with Crippen LogP contribution in [0.1, 0.15) is 25.3 Å². The van der Waals surface area contributed by atoms with E-state index in [1.165, 1.54) is 5.56 Å². The Morgan fingerprint density at radius 2 is 1.91 bits per heavy atom. The second-order valence-electron chi connectivity index (χ2n) is 5.29. The zero-order valence-corrected chi connectivity index (χ0v) is 13.9. The zero-order chi connectivity index (χ0) is 15.9. The minimum Gasteiger partial charge on any atom is -0.484 e. The van der Waals surface area contributed by atoms with Crippen LogP contribution in [0, 0.1) is 0 Å². The topological polar surface area (TPSA) is 38.3 Å². The Balaban J connectivity index is 1.87. The van der Waals surface area contributed by atoms with E-state index in [-0.39, 0.29) is 12.5 Å². The highest BCUT2D eigenvalue weighted by Crippen LogP contribution is 2.20. The van der Waals surface area contributed by atoms with Crippen LogP contribution in [0.4, 0.5) is 5.69 Å². The molecule has 0 saturated carbocycles. The summed E-state index contributed by atoms with van der Waals surface area (Å²) in [4.78, 5) is 13.0. The molecule has 2 aromatic rings. The summed E-state index contributed by atoms with van der Waals surface area (Å²) in [5.74, 6) is 1.03. The van der Waals surface area contributed by atoms with Crippen molar-refractivity contribution in [2.24, 2.45) is 0 Å². The first kappa shape index (κ1) is 16.4. The van der Waals surface area contributed by atoms with Crippen molar-refractivity contribution in [2.75, 3.05) is 18.2 Å². The summed E-state index contributed by atoms with van der Waals surface area (Å²) < 4.78 is 5.51. The molecule has 0 fully saturated rings. The van der Waals surface area contributed by atoms with Crippen LogP contribution < -0.4 is 10.1 Å². The van der Waals surface area contributed by atoms with Crippen molar-refractivity contribution in [3.8, 4) is 5.75 Å². The number of thioether (sulfide) groups is 1. The fourth-order valence-electron chi connectivity index (χ4n) is 2.00. The van der Waals surface area contributed by atoms with Gasteiger partial charge in [0.05, 0.1) is 0 Å². The molecule has 0 atom stereocenters. The second kappa shape index (κ2) is 7.90. The van der Waals surface area contributed by atoms with Crippen LogP contribution in [0.25, 0.3) is 0 Å². The molecule has 0 aromatic heterocycles. The van der Waals surface area contributed by atoms with Crippen molar-refractivity contribution in [1.82, 2.24) is 0 Å². The monoisotopic (exact) mass is 315 g/mol. The SMILES string of the molecule is CSc1cccc(NC(=O)COc2ccc(C(C)C)cc2)c1. The van der Waals surface area contributed by atoms with Gasteiger partial charge in [0, 0.05) is 10.6 Å². The summed E-state index contributed by atoms with van der Waals surface area (Å²) in [6, 6.07) is 15.6. The lowest BCUT2D eigenvalue weighted by atomic mass is 10.0. The van der Waals surface area contributed by atoms with Crippen LogP contribution in [0.5, 0.6) is 5.75 Å². The molecule has 0 radical (unpaired) electrons. The highest BCUT2D eigenvalue weighted by molar-refractivity contribution is 7.98. The lowest BCUT2D eigenvalue weighted by molar-refractivity contribution is -0.118. The van der Waals surface area contributed by atoms with Gasteiger partial charge in [0.25, 0.3) is 5.91 Å². The average molecular weight is 315 g/mol. The minimum absolute atomic E-state index is 0.00448. The summed E-state index contributed by atoms with van der Waals surface area (Å²) >= 11 is 1.64. The molecular weight excluding hydrogens is 294 g/mol. The van der Waals surface area contributed by atoms with E-state index in [1.807, 2.05) is 54.8 Å². The van der Waals surface area contributed by atoms with Crippen LogP contribution in [0.2, 0.25) is 0 Å². The summed E-state index contributed by atoms with van der Waals surface area (Å²) in [5, 5.41) is 2.84. The highest BCUT2D eigenvalue weighted by Gasteiger charge is 2.05. The molecule has 0 spiro atoms. The zero-order valence-electron chi connectivity index (χ0n) is 13.1. The van der Waals surface area contributed by atoms with Gasteiger partial charge >= 0.3 is 0 Å². The molecule has 1 N–H and O–H groups in total.